The number of fused-ring (bicyclic) bond motifs is 2. The third-order valence-corrected chi connectivity index (χ3v) is 4.99. The Kier molecular flexibility index (Phi) is 3.59. The zero-order valence-corrected chi connectivity index (χ0v) is 12.4. The maximum atomic E-state index is 12.4. The van der Waals surface area contributed by atoms with Crippen LogP contribution in [0.3, 0.4) is 0 Å². The molecular weight excluding hydrogens is 274 g/mol. The lowest BCUT2D eigenvalue weighted by molar-refractivity contribution is 0.0754. The van der Waals surface area contributed by atoms with Crippen molar-refractivity contribution < 1.29 is 4.79 Å². The molecule has 2 fully saturated rings. The molecule has 2 aliphatic rings. The van der Waals surface area contributed by atoms with E-state index in [-0.39, 0.29) is 16.9 Å². The van der Waals surface area contributed by atoms with Gasteiger partial charge >= 0.3 is 0 Å². The van der Waals surface area contributed by atoms with Crippen LogP contribution in [0.4, 0.5) is 5.82 Å². The van der Waals surface area contributed by atoms with Crippen LogP contribution in [0.5, 0.6) is 0 Å². The van der Waals surface area contributed by atoms with Crippen molar-refractivity contribution >= 4 is 23.3 Å². The Labute approximate surface area is 124 Å². The molecule has 2 saturated carbocycles. The summed E-state index contributed by atoms with van der Waals surface area (Å²) in [6.45, 7) is 0.833. The second-order valence-electron chi connectivity index (χ2n) is 6.22. The second-order valence-corrected chi connectivity index (χ2v) is 6.61. The van der Waals surface area contributed by atoms with E-state index >= 15 is 0 Å². The number of hydrogen-bond acceptors (Lipinski definition) is 3. The maximum absolute atomic E-state index is 12.4. The molecule has 1 aromatic heterocycles. The summed E-state index contributed by atoms with van der Waals surface area (Å²) in [5.41, 5.74) is 6.17. The minimum absolute atomic E-state index is 0.0243. The average molecular weight is 294 g/mol. The first-order chi connectivity index (χ1) is 9.52. The molecule has 5 heteroatoms. The Morgan fingerprint density at radius 3 is 2.85 bits per heavy atom. The van der Waals surface area contributed by atoms with Crippen molar-refractivity contribution in [2.75, 3.05) is 19.3 Å². The lowest BCUT2D eigenvalue weighted by Gasteiger charge is -2.27. The average Bonchev–Trinajstić information content (AvgIpc) is 2.98. The van der Waals surface area contributed by atoms with E-state index in [1.54, 1.807) is 17.0 Å². The van der Waals surface area contributed by atoms with Gasteiger partial charge in [-0.05, 0) is 49.1 Å². The third kappa shape index (κ3) is 2.62. The molecule has 1 aromatic rings. The lowest BCUT2D eigenvalue weighted by atomic mass is 9.88. The fourth-order valence-electron chi connectivity index (χ4n) is 3.90. The highest BCUT2D eigenvalue weighted by Crippen LogP contribution is 2.48. The summed E-state index contributed by atoms with van der Waals surface area (Å²) in [6, 6.07) is 3.17. The molecule has 2 bridgehead atoms. The summed E-state index contributed by atoms with van der Waals surface area (Å²) in [4.78, 5) is 18.1. The van der Waals surface area contributed by atoms with Crippen molar-refractivity contribution in [1.82, 2.24) is 9.88 Å². The Balaban J connectivity index is 1.67. The first-order valence-electron chi connectivity index (χ1n) is 7.21. The van der Waals surface area contributed by atoms with Crippen molar-refractivity contribution in [1.29, 1.82) is 0 Å². The number of halogens is 1. The van der Waals surface area contributed by atoms with E-state index in [1.165, 1.54) is 25.7 Å². The minimum Gasteiger partial charge on any atom is -0.384 e. The first-order valence-corrected chi connectivity index (χ1v) is 7.59. The largest absolute Gasteiger partial charge is 0.384 e. The number of pyridine rings is 1. The molecule has 3 rings (SSSR count). The summed E-state index contributed by atoms with van der Waals surface area (Å²) in [5, 5.41) is 0.265. The monoisotopic (exact) mass is 293 g/mol. The van der Waals surface area contributed by atoms with Crippen LogP contribution in [0.2, 0.25) is 5.15 Å². The number of nitrogens with zero attached hydrogens (tertiary/aromatic N) is 2. The van der Waals surface area contributed by atoms with E-state index in [2.05, 4.69) is 4.98 Å². The topological polar surface area (TPSA) is 59.2 Å². The van der Waals surface area contributed by atoms with Gasteiger partial charge in [0.15, 0.2) is 0 Å². The van der Waals surface area contributed by atoms with Gasteiger partial charge in [-0.2, -0.15) is 0 Å². The maximum Gasteiger partial charge on any atom is 0.253 e. The number of aromatic nitrogens is 1. The molecule has 3 atom stereocenters. The molecule has 0 saturated heterocycles. The molecular formula is C15H20ClN3O. The summed E-state index contributed by atoms with van der Waals surface area (Å²) < 4.78 is 0. The third-order valence-electron chi connectivity index (χ3n) is 4.80. The van der Waals surface area contributed by atoms with Gasteiger partial charge in [-0.1, -0.05) is 18.0 Å². The zero-order chi connectivity index (χ0) is 14.3. The summed E-state index contributed by atoms with van der Waals surface area (Å²) in [5.74, 6) is 2.65. The Morgan fingerprint density at radius 1 is 1.45 bits per heavy atom. The first kappa shape index (κ1) is 13.7. The minimum atomic E-state index is -0.0243. The molecule has 0 radical (unpaired) electrons. The zero-order valence-electron chi connectivity index (χ0n) is 11.7. The number of rotatable bonds is 3. The molecule has 2 aliphatic carbocycles. The number of amides is 1. The van der Waals surface area contributed by atoms with Gasteiger partial charge in [0.1, 0.15) is 11.0 Å². The van der Waals surface area contributed by atoms with Gasteiger partial charge in [-0.15, -0.1) is 0 Å². The highest BCUT2D eigenvalue weighted by molar-refractivity contribution is 6.29. The van der Waals surface area contributed by atoms with E-state index < -0.39 is 0 Å². The lowest BCUT2D eigenvalue weighted by Crippen LogP contribution is -2.33. The van der Waals surface area contributed by atoms with Crippen molar-refractivity contribution in [2.45, 2.75) is 25.7 Å². The van der Waals surface area contributed by atoms with E-state index in [1.807, 2.05) is 7.05 Å². The molecule has 0 aliphatic heterocycles. The Bertz CT molecular complexity index is 514. The van der Waals surface area contributed by atoms with Crippen LogP contribution in [-0.4, -0.2) is 29.4 Å². The van der Waals surface area contributed by atoms with Gasteiger partial charge < -0.3 is 10.6 Å². The molecule has 3 unspecified atom stereocenters. The quantitative estimate of drug-likeness (QED) is 0.872. The van der Waals surface area contributed by atoms with E-state index in [0.29, 0.717) is 11.5 Å². The van der Waals surface area contributed by atoms with Crippen molar-refractivity contribution in [3.63, 3.8) is 0 Å². The van der Waals surface area contributed by atoms with Gasteiger partial charge in [0, 0.05) is 19.2 Å². The Hall–Kier alpha value is -1.29. The van der Waals surface area contributed by atoms with Gasteiger partial charge in [-0.25, -0.2) is 4.98 Å². The van der Waals surface area contributed by atoms with Gasteiger partial charge in [-0.3, -0.25) is 4.79 Å². The van der Waals surface area contributed by atoms with Crippen LogP contribution >= 0.6 is 11.6 Å². The fourth-order valence-corrected chi connectivity index (χ4v) is 4.11. The molecule has 2 N–H and O–H groups in total. The number of anilines is 1. The predicted octanol–water partition coefficient (Wildman–Crippen LogP) is 2.83. The molecule has 1 heterocycles. The van der Waals surface area contributed by atoms with E-state index in [0.717, 1.165) is 18.4 Å². The summed E-state index contributed by atoms with van der Waals surface area (Å²) in [6.07, 6.45) is 5.36. The summed E-state index contributed by atoms with van der Waals surface area (Å²) >= 11 is 5.86. The van der Waals surface area contributed by atoms with Crippen LogP contribution in [0.15, 0.2) is 12.1 Å². The number of nitrogens with two attached hydrogens (primary N) is 1. The smallest absolute Gasteiger partial charge is 0.253 e. The highest BCUT2D eigenvalue weighted by atomic mass is 35.5. The predicted molar refractivity (Wildman–Crippen MR) is 79.6 cm³/mol. The molecule has 4 nitrogen and oxygen atoms in total. The molecule has 0 aromatic carbocycles. The molecule has 20 heavy (non-hydrogen) atoms. The van der Waals surface area contributed by atoms with Gasteiger partial charge in [0.2, 0.25) is 0 Å². The van der Waals surface area contributed by atoms with E-state index in [9.17, 15) is 4.79 Å². The fraction of sp³-hybridized carbons (Fsp3) is 0.600. The number of hydrogen-bond donors (Lipinski definition) is 1. The standard InChI is InChI=1S/C15H20ClN3O/c1-19(8-12-5-9-2-3-10(12)4-9)15(20)11-6-13(16)18-14(17)7-11/h6-7,9-10,12H,2-5,8H2,1H3,(H2,17,18). The van der Waals surface area contributed by atoms with Crippen molar-refractivity contribution in [3.8, 4) is 0 Å². The number of nitrogen functional groups attached to an aromatic ring is 1. The Morgan fingerprint density at radius 2 is 2.25 bits per heavy atom. The second kappa shape index (κ2) is 5.24. The van der Waals surface area contributed by atoms with Crippen LogP contribution in [0.25, 0.3) is 0 Å². The molecule has 1 amide bonds. The SMILES string of the molecule is CN(CC1CC2CCC1C2)C(=O)c1cc(N)nc(Cl)c1. The molecule has 108 valence electrons. The number of carbonyl (C=O) groups is 1. The van der Waals surface area contributed by atoms with Crippen molar-refractivity contribution in [3.05, 3.63) is 22.8 Å². The van der Waals surface area contributed by atoms with Crippen LogP contribution in [0, 0.1) is 17.8 Å². The van der Waals surface area contributed by atoms with E-state index in [4.69, 9.17) is 17.3 Å². The molecule has 0 spiro atoms. The van der Waals surface area contributed by atoms with Crippen LogP contribution in [0.1, 0.15) is 36.0 Å². The van der Waals surface area contributed by atoms with Crippen molar-refractivity contribution in [2.24, 2.45) is 17.8 Å². The van der Waals surface area contributed by atoms with Crippen LogP contribution < -0.4 is 5.73 Å². The van der Waals surface area contributed by atoms with Gasteiger partial charge in [0.25, 0.3) is 5.91 Å². The normalized spacial score (nSPS) is 27.8. The number of carbonyl (C=O) groups excluding carboxylic acids is 1. The van der Waals surface area contributed by atoms with Gasteiger partial charge in [0.05, 0.1) is 0 Å². The van der Waals surface area contributed by atoms with Crippen LogP contribution in [-0.2, 0) is 0 Å². The summed E-state index contributed by atoms with van der Waals surface area (Å²) in [7, 11) is 1.86. The highest BCUT2D eigenvalue weighted by Gasteiger charge is 2.40.